The van der Waals surface area contributed by atoms with Crippen LogP contribution in [-0.4, -0.2) is 49.2 Å². The molecule has 4 nitrogen and oxygen atoms in total. The van der Waals surface area contributed by atoms with Gasteiger partial charge in [-0.2, -0.15) is 0 Å². The van der Waals surface area contributed by atoms with Crippen molar-refractivity contribution in [2.45, 2.75) is 63.6 Å². The monoisotopic (exact) mass is 259 g/mol. The molecule has 1 saturated carbocycles. The van der Waals surface area contributed by atoms with Crippen molar-refractivity contribution in [1.82, 2.24) is 5.32 Å². The summed E-state index contributed by atoms with van der Waals surface area (Å²) in [4.78, 5) is 0. The summed E-state index contributed by atoms with van der Waals surface area (Å²) in [7, 11) is 1.72. The van der Waals surface area contributed by atoms with Crippen LogP contribution >= 0.6 is 0 Å². The highest BCUT2D eigenvalue weighted by molar-refractivity contribution is 4.92. The molecule has 1 rings (SSSR count). The number of hydrogen-bond donors (Lipinski definition) is 2. The lowest BCUT2D eigenvalue weighted by Crippen LogP contribution is -2.47. The van der Waals surface area contributed by atoms with Crippen LogP contribution in [0.2, 0.25) is 0 Å². The fourth-order valence-electron chi connectivity index (χ4n) is 1.74. The molecular formula is C14H29NO3. The summed E-state index contributed by atoms with van der Waals surface area (Å²) in [5.74, 6) is 0. The maximum Gasteiger partial charge on any atom is 0.0644 e. The second-order valence-corrected chi connectivity index (χ2v) is 6.21. The summed E-state index contributed by atoms with van der Waals surface area (Å²) in [5, 5.41) is 12.9. The molecular weight excluding hydrogens is 230 g/mol. The first-order valence-corrected chi connectivity index (χ1v) is 6.92. The van der Waals surface area contributed by atoms with E-state index in [1.165, 1.54) is 12.8 Å². The highest BCUT2D eigenvalue weighted by Gasteiger charge is 2.31. The molecule has 0 amide bonds. The highest BCUT2D eigenvalue weighted by Crippen LogP contribution is 2.24. The molecule has 0 aromatic heterocycles. The minimum Gasteiger partial charge on any atom is -0.394 e. The zero-order valence-corrected chi connectivity index (χ0v) is 12.3. The van der Waals surface area contributed by atoms with E-state index in [-0.39, 0.29) is 17.7 Å². The summed E-state index contributed by atoms with van der Waals surface area (Å²) < 4.78 is 11.0. The SMILES string of the molecule is COC(C)(C)CCOCCC(C)(CO)NC1CC1. The Bertz CT molecular complexity index is 241. The van der Waals surface area contributed by atoms with Gasteiger partial charge < -0.3 is 19.9 Å². The Hall–Kier alpha value is -0.160. The molecule has 0 spiro atoms. The van der Waals surface area contributed by atoms with Gasteiger partial charge in [0, 0.05) is 31.9 Å². The average Bonchev–Trinajstić information content (AvgIpc) is 3.12. The van der Waals surface area contributed by atoms with Gasteiger partial charge in [-0.3, -0.25) is 0 Å². The largest absolute Gasteiger partial charge is 0.394 e. The second-order valence-electron chi connectivity index (χ2n) is 6.21. The van der Waals surface area contributed by atoms with Crippen LogP contribution in [0.3, 0.4) is 0 Å². The molecule has 1 unspecified atom stereocenters. The zero-order chi connectivity index (χ0) is 13.6. The minimum absolute atomic E-state index is 0.119. The van der Waals surface area contributed by atoms with Crippen LogP contribution in [0.15, 0.2) is 0 Å². The maximum atomic E-state index is 9.45. The van der Waals surface area contributed by atoms with Crippen LogP contribution in [0.25, 0.3) is 0 Å². The van der Waals surface area contributed by atoms with E-state index in [0.717, 1.165) is 12.8 Å². The number of nitrogens with one attached hydrogen (secondary N) is 1. The van der Waals surface area contributed by atoms with E-state index < -0.39 is 0 Å². The quantitative estimate of drug-likeness (QED) is 0.586. The van der Waals surface area contributed by atoms with Crippen molar-refractivity contribution in [2.24, 2.45) is 0 Å². The molecule has 0 aliphatic heterocycles. The molecule has 0 saturated heterocycles. The Balaban J connectivity index is 2.11. The lowest BCUT2D eigenvalue weighted by Gasteiger charge is -2.29. The normalized spacial score (nSPS) is 19.8. The third kappa shape index (κ3) is 6.14. The number of aliphatic hydroxyl groups is 1. The molecule has 4 heteroatoms. The van der Waals surface area contributed by atoms with E-state index in [4.69, 9.17) is 9.47 Å². The Morgan fingerprint density at radius 3 is 2.28 bits per heavy atom. The lowest BCUT2D eigenvalue weighted by molar-refractivity contribution is -0.0130. The van der Waals surface area contributed by atoms with E-state index >= 15 is 0 Å². The zero-order valence-electron chi connectivity index (χ0n) is 12.3. The molecule has 0 bridgehead atoms. The van der Waals surface area contributed by atoms with E-state index in [1.807, 2.05) is 0 Å². The number of ether oxygens (including phenoxy) is 2. The fraction of sp³-hybridized carbons (Fsp3) is 1.00. The molecule has 108 valence electrons. The predicted octanol–water partition coefficient (Wildman–Crippen LogP) is 1.71. The molecule has 0 aromatic carbocycles. The number of methoxy groups -OCH3 is 1. The minimum atomic E-state index is -0.196. The van der Waals surface area contributed by atoms with Gasteiger partial charge in [-0.25, -0.2) is 0 Å². The smallest absolute Gasteiger partial charge is 0.0644 e. The Labute approximate surface area is 111 Å². The Kier molecular flexibility index (Phi) is 6.05. The summed E-state index contributed by atoms with van der Waals surface area (Å²) >= 11 is 0. The molecule has 0 aromatic rings. The van der Waals surface area contributed by atoms with Gasteiger partial charge in [-0.15, -0.1) is 0 Å². The van der Waals surface area contributed by atoms with E-state index in [1.54, 1.807) is 7.11 Å². The van der Waals surface area contributed by atoms with Crippen molar-refractivity contribution in [1.29, 1.82) is 0 Å². The van der Waals surface area contributed by atoms with Crippen molar-refractivity contribution in [2.75, 3.05) is 26.9 Å². The Morgan fingerprint density at radius 1 is 1.17 bits per heavy atom. The third-order valence-electron chi connectivity index (χ3n) is 3.68. The molecule has 2 N–H and O–H groups in total. The second kappa shape index (κ2) is 6.85. The first kappa shape index (κ1) is 15.9. The van der Waals surface area contributed by atoms with Crippen LogP contribution in [0.1, 0.15) is 46.5 Å². The summed E-state index contributed by atoms with van der Waals surface area (Å²) in [6, 6.07) is 0.606. The molecule has 18 heavy (non-hydrogen) atoms. The summed E-state index contributed by atoms with van der Waals surface area (Å²) in [6.07, 6.45) is 4.19. The van der Waals surface area contributed by atoms with Crippen molar-refractivity contribution in [3.05, 3.63) is 0 Å². The van der Waals surface area contributed by atoms with Gasteiger partial charge in [0.15, 0.2) is 0 Å². The number of hydrogen-bond acceptors (Lipinski definition) is 4. The Morgan fingerprint density at radius 2 is 1.78 bits per heavy atom. The summed E-state index contributed by atoms with van der Waals surface area (Å²) in [6.45, 7) is 7.72. The first-order valence-electron chi connectivity index (χ1n) is 6.92. The van der Waals surface area contributed by atoms with Gasteiger partial charge in [-0.1, -0.05) is 0 Å². The van der Waals surface area contributed by atoms with Gasteiger partial charge in [0.05, 0.1) is 12.2 Å². The van der Waals surface area contributed by atoms with Crippen LogP contribution in [0.4, 0.5) is 0 Å². The lowest BCUT2D eigenvalue weighted by atomic mass is 9.99. The summed E-state index contributed by atoms with van der Waals surface area (Å²) in [5.41, 5.74) is -0.315. The van der Waals surface area contributed by atoms with Gasteiger partial charge in [0.2, 0.25) is 0 Å². The van der Waals surface area contributed by atoms with Crippen molar-refractivity contribution in [3.63, 3.8) is 0 Å². The van der Waals surface area contributed by atoms with Gasteiger partial charge in [0.1, 0.15) is 0 Å². The molecule has 1 aliphatic carbocycles. The molecule has 1 atom stereocenters. The highest BCUT2D eigenvalue weighted by atomic mass is 16.5. The van der Waals surface area contributed by atoms with Crippen molar-refractivity contribution >= 4 is 0 Å². The third-order valence-corrected chi connectivity index (χ3v) is 3.68. The van der Waals surface area contributed by atoms with Crippen molar-refractivity contribution in [3.8, 4) is 0 Å². The molecule has 0 heterocycles. The fourth-order valence-corrected chi connectivity index (χ4v) is 1.74. The van der Waals surface area contributed by atoms with E-state index in [0.29, 0.717) is 19.3 Å². The van der Waals surface area contributed by atoms with E-state index in [9.17, 15) is 5.11 Å². The predicted molar refractivity (Wildman–Crippen MR) is 72.8 cm³/mol. The van der Waals surface area contributed by atoms with Crippen LogP contribution in [-0.2, 0) is 9.47 Å². The molecule has 1 fully saturated rings. The molecule has 0 radical (unpaired) electrons. The molecule has 1 aliphatic rings. The van der Waals surface area contributed by atoms with Crippen molar-refractivity contribution < 1.29 is 14.6 Å². The van der Waals surface area contributed by atoms with Crippen LogP contribution in [0.5, 0.6) is 0 Å². The number of rotatable bonds is 10. The first-order chi connectivity index (χ1) is 8.41. The standard InChI is InChI=1S/C14H29NO3/c1-13(2,17-4)7-9-18-10-8-14(3,11-16)15-12-5-6-12/h12,15-16H,5-11H2,1-4H3. The topological polar surface area (TPSA) is 50.7 Å². The number of aliphatic hydroxyl groups excluding tert-OH is 1. The van der Waals surface area contributed by atoms with Crippen LogP contribution in [0, 0.1) is 0 Å². The maximum absolute atomic E-state index is 9.45. The van der Waals surface area contributed by atoms with Gasteiger partial charge >= 0.3 is 0 Å². The van der Waals surface area contributed by atoms with E-state index in [2.05, 4.69) is 26.1 Å². The van der Waals surface area contributed by atoms with Gasteiger partial charge in [-0.05, 0) is 46.5 Å². The van der Waals surface area contributed by atoms with Crippen LogP contribution < -0.4 is 5.32 Å². The average molecular weight is 259 g/mol. The van der Waals surface area contributed by atoms with Gasteiger partial charge in [0.25, 0.3) is 0 Å².